The smallest absolute Gasteiger partial charge is 0.261 e. The standard InChI is InChI=1S/C56H64N2O2/c1-15-29-57-49(41-25-21-37(22-26-41)17-19-39-31-43(53(3,4)5)35-44(32-39)54(6,7)8)47-48(51(57)59)50(58(30-16-2)52(47)60)42-27-23-38(24-28-42)18-20-40-33-45(55(9,10)11)36-46(34-40)56(12,13)14/h15-28,31-36H,1-2,29-30H2,3-14H3. The van der Waals surface area contributed by atoms with Crippen LogP contribution in [0.1, 0.15) is 139 Å². The van der Waals surface area contributed by atoms with E-state index in [1.807, 2.05) is 48.5 Å². The summed E-state index contributed by atoms with van der Waals surface area (Å²) in [5, 5.41) is 0. The van der Waals surface area contributed by atoms with Crippen molar-refractivity contribution in [2.45, 2.75) is 105 Å². The van der Waals surface area contributed by atoms with Gasteiger partial charge in [-0.15, -0.1) is 13.2 Å². The Labute approximate surface area is 360 Å². The summed E-state index contributed by atoms with van der Waals surface area (Å²) in [4.78, 5) is 32.2. The van der Waals surface area contributed by atoms with Crippen molar-refractivity contribution in [1.82, 2.24) is 9.80 Å². The highest BCUT2D eigenvalue weighted by molar-refractivity contribution is 6.30. The quantitative estimate of drug-likeness (QED) is 0.118. The van der Waals surface area contributed by atoms with Gasteiger partial charge in [-0.05, 0) is 77.3 Å². The molecule has 2 heterocycles. The Kier molecular flexibility index (Phi) is 12.0. The maximum Gasteiger partial charge on any atom is 0.261 e. The summed E-state index contributed by atoms with van der Waals surface area (Å²) >= 11 is 0. The van der Waals surface area contributed by atoms with Crippen molar-refractivity contribution in [2.75, 3.05) is 13.1 Å². The van der Waals surface area contributed by atoms with E-state index in [2.05, 4.69) is 157 Å². The zero-order chi connectivity index (χ0) is 43.9. The third kappa shape index (κ3) is 9.19. The maximum absolute atomic E-state index is 14.4. The molecule has 0 N–H and O–H groups in total. The van der Waals surface area contributed by atoms with Crippen LogP contribution in [0.2, 0.25) is 0 Å². The second-order valence-corrected chi connectivity index (χ2v) is 20.5. The Balaban J connectivity index is 1.36. The van der Waals surface area contributed by atoms with Gasteiger partial charge in [-0.25, -0.2) is 0 Å². The minimum atomic E-state index is -0.204. The lowest BCUT2D eigenvalue weighted by atomic mass is 9.79. The van der Waals surface area contributed by atoms with E-state index in [4.69, 9.17) is 0 Å². The molecule has 0 radical (unpaired) electrons. The molecule has 0 bridgehead atoms. The monoisotopic (exact) mass is 796 g/mol. The van der Waals surface area contributed by atoms with Gasteiger partial charge in [-0.2, -0.15) is 0 Å². The van der Waals surface area contributed by atoms with E-state index in [0.717, 1.165) is 33.4 Å². The largest absolute Gasteiger partial charge is 0.303 e. The number of carbonyl (C=O) groups is 2. The second kappa shape index (κ2) is 16.4. The number of hydrogen-bond donors (Lipinski definition) is 0. The summed E-state index contributed by atoms with van der Waals surface area (Å²) in [7, 11) is 0. The Morgan fingerprint density at radius 2 is 0.683 bits per heavy atom. The minimum Gasteiger partial charge on any atom is -0.303 e. The molecule has 0 aliphatic carbocycles. The van der Waals surface area contributed by atoms with Crippen LogP contribution in [0.4, 0.5) is 0 Å². The van der Waals surface area contributed by atoms with Crippen LogP contribution < -0.4 is 0 Å². The van der Waals surface area contributed by atoms with E-state index < -0.39 is 0 Å². The molecule has 0 spiro atoms. The Morgan fingerprint density at radius 3 is 0.933 bits per heavy atom. The van der Waals surface area contributed by atoms with Crippen LogP contribution >= 0.6 is 0 Å². The van der Waals surface area contributed by atoms with Gasteiger partial charge in [0.15, 0.2) is 0 Å². The third-order valence-corrected chi connectivity index (χ3v) is 11.5. The fourth-order valence-electron chi connectivity index (χ4n) is 7.72. The first-order chi connectivity index (χ1) is 28.0. The predicted octanol–water partition coefficient (Wildman–Crippen LogP) is 13.4. The number of hydrogen-bond acceptors (Lipinski definition) is 2. The second-order valence-electron chi connectivity index (χ2n) is 20.5. The fourth-order valence-corrected chi connectivity index (χ4v) is 7.72. The van der Waals surface area contributed by atoms with E-state index in [0.29, 0.717) is 22.5 Å². The zero-order valence-electron chi connectivity index (χ0n) is 38.1. The molecule has 0 unspecified atom stereocenters. The molecular formula is C56H64N2O2. The molecule has 4 aromatic rings. The van der Waals surface area contributed by atoms with Gasteiger partial charge in [0.05, 0.1) is 22.5 Å². The maximum atomic E-state index is 14.4. The van der Waals surface area contributed by atoms with Crippen LogP contribution in [0.25, 0.3) is 35.7 Å². The zero-order valence-corrected chi connectivity index (χ0v) is 38.1. The summed E-state index contributed by atoms with van der Waals surface area (Å²) in [6, 6.07) is 30.0. The van der Waals surface area contributed by atoms with Gasteiger partial charge in [0, 0.05) is 13.1 Å². The van der Waals surface area contributed by atoms with Gasteiger partial charge < -0.3 is 9.80 Å². The Morgan fingerprint density at radius 1 is 0.417 bits per heavy atom. The molecule has 310 valence electrons. The van der Waals surface area contributed by atoms with E-state index in [1.54, 1.807) is 22.0 Å². The Hall–Kier alpha value is -5.74. The highest BCUT2D eigenvalue weighted by Crippen LogP contribution is 2.46. The molecule has 6 rings (SSSR count). The van der Waals surface area contributed by atoms with E-state index in [1.165, 1.54) is 22.3 Å². The van der Waals surface area contributed by atoms with Crippen molar-refractivity contribution in [3.05, 3.63) is 177 Å². The summed E-state index contributed by atoms with van der Waals surface area (Å²) in [5.41, 5.74) is 13.4. The van der Waals surface area contributed by atoms with Crippen LogP contribution in [0.3, 0.4) is 0 Å². The van der Waals surface area contributed by atoms with E-state index >= 15 is 0 Å². The molecule has 0 saturated heterocycles. The van der Waals surface area contributed by atoms with Crippen molar-refractivity contribution in [2.24, 2.45) is 0 Å². The highest BCUT2D eigenvalue weighted by Gasteiger charge is 2.48. The topological polar surface area (TPSA) is 40.6 Å². The van der Waals surface area contributed by atoms with E-state index in [9.17, 15) is 9.59 Å². The number of nitrogens with zero attached hydrogens (tertiary/aromatic N) is 2. The molecule has 2 amide bonds. The van der Waals surface area contributed by atoms with Crippen molar-refractivity contribution in [1.29, 1.82) is 0 Å². The van der Waals surface area contributed by atoms with Crippen molar-refractivity contribution < 1.29 is 9.59 Å². The molecule has 2 aliphatic rings. The molecule has 60 heavy (non-hydrogen) atoms. The molecule has 0 atom stereocenters. The molecule has 4 aromatic carbocycles. The number of amides is 2. The molecule has 4 heteroatoms. The summed E-state index contributed by atoms with van der Waals surface area (Å²) < 4.78 is 0. The summed E-state index contributed by atoms with van der Waals surface area (Å²) in [6.07, 6.45) is 12.0. The van der Waals surface area contributed by atoms with Crippen molar-refractivity contribution in [3.8, 4) is 0 Å². The molecule has 4 nitrogen and oxygen atoms in total. The van der Waals surface area contributed by atoms with Crippen LogP contribution in [0.5, 0.6) is 0 Å². The Bertz CT molecular complexity index is 2220. The lowest BCUT2D eigenvalue weighted by Gasteiger charge is -2.25. The van der Waals surface area contributed by atoms with Gasteiger partial charge in [-0.3, -0.25) is 9.59 Å². The van der Waals surface area contributed by atoms with Crippen LogP contribution in [-0.2, 0) is 31.2 Å². The summed E-state index contributed by atoms with van der Waals surface area (Å²) in [6.45, 7) is 35.5. The molecule has 0 aromatic heterocycles. The number of fused-ring (bicyclic) bond motifs is 1. The third-order valence-electron chi connectivity index (χ3n) is 11.5. The molecule has 2 aliphatic heterocycles. The van der Waals surface area contributed by atoms with E-state index in [-0.39, 0.29) is 46.6 Å². The minimum absolute atomic E-state index is 0.0276. The van der Waals surface area contributed by atoms with Gasteiger partial charge in [-0.1, -0.05) is 204 Å². The van der Waals surface area contributed by atoms with Crippen LogP contribution in [0, 0.1) is 0 Å². The van der Waals surface area contributed by atoms with Gasteiger partial charge in [0.25, 0.3) is 11.8 Å². The fraction of sp³-hybridized carbons (Fsp3) is 0.321. The average molecular weight is 797 g/mol. The van der Waals surface area contributed by atoms with Crippen molar-refractivity contribution >= 4 is 47.5 Å². The summed E-state index contributed by atoms with van der Waals surface area (Å²) in [5.74, 6) is -0.408. The van der Waals surface area contributed by atoms with Crippen LogP contribution in [0.15, 0.2) is 121 Å². The van der Waals surface area contributed by atoms with Gasteiger partial charge >= 0.3 is 0 Å². The van der Waals surface area contributed by atoms with Gasteiger partial charge in [0.2, 0.25) is 0 Å². The van der Waals surface area contributed by atoms with Gasteiger partial charge in [0.1, 0.15) is 0 Å². The average Bonchev–Trinajstić information content (AvgIpc) is 3.61. The van der Waals surface area contributed by atoms with Crippen molar-refractivity contribution in [3.63, 3.8) is 0 Å². The first-order valence-electron chi connectivity index (χ1n) is 21.2. The number of carbonyl (C=O) groups excluding carboxylic acids is 2. The molecule has 0 fully saturated rings. The predicted molar refractivity (Wildman–Crippen MR) is 256 cm³/mol. The lowest BCUT2D eigenvalue weighted by molar-refractivity contribution is -0.123. The van der Waals surface area contributed by atoms with Crippen LogP contribution in [-0.4, -0.2) is 34.7 Å². The first-order valence-corrected chi connectivity index (χ1v) is 21.2. The highest BCUT2D eigenvalue weighted by atomic mass is 16.2. The normalized spacial score (nSPS) is 15.3. The number of rotatable bonds is 10. The molecule has 0 saturated carbocycles. The first kappa shape index (κ1) is 43.8. The number of benzene rings is 4. The molecular weight excluding hydrogens is 733 g/mol. The SMILES string of the molecule is C=CCN1C(=O)C2=C(c3ccc(C=Cc4cc(C(C)(C)C)cc(C(C)(C)C)c4)cc3)N(CC=C)C(=O)C2=C1c1ccc(C=Cc2cc(C(C)(C)C)cc(C(C)(C)C)c2)cc1. The lowest BCUT2D eigenvalue weighted by Crippen LogP contribution is -2.30.